The van der Waals surface area contributed by atoms with Gasteiger partial charge in [0.1, 0.15) is 0 Å². The molecule has 248 valence electrons. The first kappa shape index (κ1) is 45.9. The fourth-order valence-corrected chi connectivity index (χ4v) is 6.37. The van der Waals surface area contributed by atoms with Gasteiger partial charge in [0.2, 0.25) is 0 Å². The van der Waals surface area contributed by atoms with Crippen molar-refractivity contribution in [1.82, 2.24) is 0 Å². The Labute approximate surface area is 307 Å². The number of phosphoric ester groups is 1. The summed E-state index contributed by atoms with van der Waals surface area (Å²) < 4.78 is 22.0. The second-order valence-electron chi connectivity index (χ2n) is 13.7. The van der Waals surface area contributed by atoms with Crippen molar-refractivity contribution >= 4 is 7.82 Å². The number of rotatable bonds is 34. The zero-order chi connectivity index (χ0) is 30.3. The normalized spacial score (nSPS) is 12.0. The van der Waals surface area contributed by atoms with Crippen LogP contribution in [0.25, 0.3) is 0 Å². The molecule has 0 saturated carbocycles. The van der Waals surface area contributed by atoms with E-state index < -0.39 is 7.82 Å². The molecule has 0 bridgehead atoms. The van der Waals surface area contributed by atoms with Gasteiger partial charge in [-0.2, -0.15) is 0 Å². The molecule has 0 rings (SSSR count). The van der Waals surface area contributed by atoms with Gasteiger partial charge in [-0.25, -0.2) is 0 Å². The molecule has 0 aliphatic rings. The summed E-state index contributed by atoms with van der Waals surface area (Å²) in [5.74, 6) is 1.71. The van der Waals surface area contributed by atoms with Crippen LogP contribution < -0.4 is 56.3 Å². The molecule has 6 heteroatoms. The van der Waals surface area contributed by atoms with Crippen molar-refractivity contribution in [2.24, 2.45) is 11.8 Å². The van der Waals surface area contributed by atoms with Crippen molar-refractivity contribution in [2.75, 3.05) is 13.2 Å². The van der Waals surface area contributed by atoms with Crippen molar-refractivity contribution in [3.63, 3.8) is 0 Å². The monoisotopic (exact) mass is 640 g/mol. The van der Waals surface area contributed by atoms with E-state index in [9.17, 15) is 9.46 Å². The van der Waals surface area contributed by atoms with Crippen LogP contribution in [-0.2, 0) is 13.6 Å². The van der Waals surface area contributed by atoms with Crippen molar-refractivity contribution in [3.05, 3.63) is 0 Å². The summed E-state index contributed by atoms with van der Waals surface area (Å²) >= 11 is 0. The van der Waals surface area contributed by atoms with Gasteiger partial charge in [0, 0.05) is 0 Å². The third-order valence-electron chi connectivity index (χ3n) is 8.35. The maximum atomic E-state index is 11.9. The Morgan fingerprint density at radius 2 is 0.595 bits per heavy atom. The third kappa shape index (κ3) is 39.8. The molecule has 0 aliphatic heterocycles. The molecule has 0 spiro atoms. The van der Waals surface area contributed by atoms with Crippen LogP contribution in [0.5, 0.6) is 0 Å². The van der Waals surface area contributed by atoms with Gasteiger partial charge in [-0.05, 0) is 24.7 Å². The van der Waals surface area contributed by atoms with Crippen LogP contribution in [0.4, 0.5) is 0 Å². The molecule has 0 heterocycles. The van der Waals surface area contributed by atoms with Gasteiger partial charge in [0.25, 0.3) is 7.82 Å². The molecule has 42 heavy (non-hydrogen) atoms. The van der Waals surface area contributed by atoms with Gasteiger partial charge in [0.05, 0.1) is 13.2 Å². The summed E-state index contributed by atoms with van der Waals surface area (Å²) in [5, 5.41) is 0. The minimum atomic E-state index is -4.12. The summed E-state index contributed by atoms with van der Waals surface area (Å²) in [6.45, 7) is 9.79. The van der Waals surface area contributed by atoms with Crippen LogP contribution in [0, 0.1) is 11.8 Å². The number of hydrogen-bond acceptors (Lipinski definition) is 4. The van der Waals surface area contributed by atoms with Crippen molar-refractivity contribution in [1.29, 1.82) is 0 Å². The van der Waals surface area contributed by atoms with E-state index in [1.807, 2.05) is 0 Å². The van der Waals surface area contributed by atoms with Crippen molar-refractivity contribution < 1.29 is 69.9 Å². The van der Waals surface area contributed by atoms with Gasteiger partial charge in [-0.15, -0.1) is 0 Å². The Hall–Kier alpha value is 1.75. The van der Waals surface area contributed by atoms with Crippen LogP contribution in [0.1, 0.15) is 207 Å². The van der Waals surface area contributed by atoms with E-state index in [4.69, 9.17) is 9.05 Å². The van der Waals surface area contributed by atoms with Crippen LogP contribution in [-0.4, -0.2) is 13.2 Å². The van der Waals surface area contributed by atoms with Crippen molar-refractivity contribution in [3.8, 4) is 0 Å². The molecule has 0 aromatic heterocycles. The molecule has 0 unspecified atom stereocenters. The molecule has 0 aliphatic carbocycles. The second-order valence-corrected chi connectivity index (χ2v) is 15.1. The predicted octanol–water partition coefficient (Wildman–Crippen LogP) is 9.73. The first-order chi connectivity index (χ1) is 19.8. The Kier molecular flexibility index (Phi) is 38.9. The predicted molar refractivity (Wildman–Crippen MR) is 178 cm³/mol. The second kappa shape index (κ2) is 35.6. The first-order valence-electron chi connectivity index (χ1n) is 18.4. The molecule has 0 atom stereocenters. The molecule has 0 saturated heterocycles. The van der Waals surface area contributed by atoms with Gasteiger partial charge >= 0.3 is 51.4 Å². The molecule has 4 nitrogen and oxygen atoms in total. The zero-order valence-electron chi connectivity index (χ0n) is 29.4. The van der Waals surface area contributed by atoms with E-state index in [-0.39, 0.29) is 64.6 Å². The minimum Gasteiger partial charge on any atom is -0.756 e. The van der Waals surface area contributed by atoms with Gasteiger partial charge in [-0.3, -0.25) is 4.57 Å². The third-order valence-corrected chi connectivity index (χ3v) is 9.35. The number of unbranched alkanes of at least 4 members (excludes halogenated alkanes) is 24. The van der Waals surface area contributed by atoms with E-state index >= 15 is 0 Å². The van der Waals surface area contributed by atoms with E-state index in [1.165, 1.54) is 154 Å². The first-order valence-corrected chi connectivity index (χ1v) is 19.9. The number of phosphoric acid groups is 1. The molecular weight excluding hydrogens is 566 g/mol. The van der Waals surface area contributed by atoms with Crippen LogP contribution in [0.3, 0.4) is 0 Å². The Morgan fingerprint density at radius 1 is 0.405 bits per heavy atom. The smallest absolute Gasteiger partial charge is 0.756 e. The van der Waals surface area contributed by atoms with Gasteiger partial charge < -0.3 is 13.9 Å². The summed E-state index contributed by atoms with van der Waals surface area (Å²) in [4.78, 5) is 11.9. The number of hydrogen-bond donors (Lipinski definition) is 0. The van der Waals surface area contributed by atoms with Crippen LogP contribution in [0.2, 0.25) is 0 Å². The quantitative estimate of drug-likeness (QED) is 0.0399. The SMILES string of the molecule is CC(C)CCCCCCCCCCCCCCCOP(=O)([O-])OCCCCCCCCCCCCCCCC(C)C.[K+]. The Morgan fingerprint density at radius 3 is 0.810 bits per heavy atom. The summed E-state index contributed by atoms with van der Waals surface area (Å²) in [5.41, 5.74) is 0. The van der Waals surface area contributed by atoms with E-state index in [1.54, 1.807) is 0 Å². The largest absolute Gasteiger partial charge is 1.00 e. The Balaban J connectivity index is 0. The fourth-order valence-electron chi connectivity index (χ4n) is 5.59. The molecule has 0 fully saturated rings. The molecule has 0 radical (unpaired) electrons. The summed E-state index contributed by atoms with van der Waals surface area (Å²) in [6.07, 6.45) is 36.1. The van der Waals surface area contributed by atoms with E-state index in [0.717, 1.165) is 37.5 Å². The average Bonchev–Trinajstić information content (AvgIpc) is 2.92. The zero-order valence-corrected chi connectivity index (χ0v) is 33.5. The van der Waals surface area contributed by atoms with E-state index in [0.29, 0.717) is 0 Å². The minimum absolute atomic E-state index is 0. The molecule has 0 aromatic rings. The van der Waals surface area contributed by atoms with Crippen molar-refractivity contribution in [2.45, 2.75) is 207 Å². The van der Waals surface area contributed by atoms with Crippen LogP contribution in [0.15, 0.2) is 0 Å². The maximum absolute atomic E-state index is 11.9. The van der Waals surface area contributed by atoms with E-state index in [2.05, 4.69) is 27.7 Å². The molecule has 0 N–H and O–H groups in total. The average molecular weight is 641 g/mol. The van der Waals surface area contributed by atoms with Crippen LogP contribution >= 0.6 is 7.82 Å². The molecule has 0 aromatic carbocycles. The Bertz CT molecular complexity index is 515. The van der Waals surface area contributed by atoms with Gasteiger partial charge in [0.15, 0.2) is 0 Å². The fraction of sp³-hybridized carbons (Fsp3) is 1.00. The molecule has 0 amide bonds. The summed E-state index contributed by atoms with van der Waals surface area (Å²) in [6, 6.07) is 0. The standard InChI is InChI=1S/C36H75O4P.K/c1-35(2)31-27-23-19-15-11-7-5-9-13-17-21-25-29-33-39-41(37,38)40-34-30-26-22-18-14-10-6-8-12-16-20-24-28-32-36(3)4;/h35-36H,5-34H2,1-4H3,(H,37,38);/q;+1/p-1. The molecular formula is C36H74KO4P. The summed E-state index contributed by atoms with van der Waals surface area (Å²) in [7, 11) is -4.12. The topological polar surface area (TPSA) is 58.6 Å². The maximum Gasteiger partial charge on any atom is 1.00 e. The van der Waals surface area contributed by atoms with Gasteiger partial charge in [-0.1, -0.05) is 195 Å².